The van der Waals surface area contributed by atoms with Crippen molar-refractivity contribution in [1.82, 2.24) is 15.1 Å². The van der Waals surface area contributed by atoms with Crippen molar-refractivity contribution in [2.24, 2.45) is 0 Å². The van der Waals surface area contributed by atoms with Crippen LogP contribution in [0.2, 0.25) is 0 Å². The average Bonchev–Trinajstić information content (AvgIpc) is 2.70. The van der Waals surface area contributed by atoms with Crippen LogP contribution < -0.4 is 10.1 Å². The molecule has 1 atom stereocenters. The van der Waals surface area contributed by atoms with Crippen LogP contribution in [0.3, 0.4) is 0 Å². The third-order valence-electron chi connectivity index (χ3n) is 4.44. The molecule has 0 bridgehead atoms. The Labute approximate surface area is 139 Å². The Balaban J connectivity index is 1.76. The quantitative estimate of drug-likeness (QED) is 0.644. The number of Topliss-reactive ketones (excluding diaryl/α,β-unsaturated/α-hetero) is 1. The number of nitro groups is 1. The summed E-state index contributed by atoms with van der Waals surface area (Å²) in [6.45, 7) is 4.12. The number of methoxy groups -OCH3 is 1. The fourth-order valence-electron chi connectivity index (χ4n) is 3.13. The van der Waals surface area contributed by atoms with Gasteiger partial charge in [-0.2, -0.15) is 0 Å². The summed E-state index contributed by atoms with van der Waals surface area (Å²) in [5.41, 5.74) is 0.775. The average molecular weight is 332 g/mol. The molecule has 0 amide bonds. The predicted octanol–water partition coefficient (Wildman–Crippen LogP) is 0.777. The molecule has 1 aromatic rings. The number of carbonyl (C=O) groups excluding carboxylic acids is 1. The molecule has 2 heterocycles. The molecular formula is C16H20N4O4. The van der Waals surface area contributed by atoms with E-state index in [1.807, 2.05) is 24.3 Å². The lowest BCUT2D eigenvalue weighted by molar-refractivity contribution is -0.419. The van der Waals surface area contributed by atoms with Gasteiger partial charge >= 0.3 is 5.70 Å². The van der Waals surface area contributed by atoms with Crippen LogP contribution >= 0.6 is 0 Å². The maximum Gasteiger partial charge on any atom is 0.353 e. The summed E-state index contributed by atoms with van der Waals surface area (Å²) in [6.07, 6.45) is 0. The lowest BCUT2D eigenvalue weighted by Crippen LogP contribution is -2.36. The molecule has 0 radical (unpaired) electrons. The van der Waals surface area contributed by atoms with E-state index in [9.17, 15) is 14.9 Å². The first kappa shape index (κ1) is 16.3. The molecule has 1 saturated heterocycles. The van der Waals surface area contributed by atoms with E-state index in [0.29, 0.717) is 32.1 Å². The van der Waals surface area contributed by atoms with Gasteiger partial charge in [0.05, 0.1) is 24.7 Å². The SMILES string of the molecule is COc1cccc(CN2CCN3C(=C([N+](=O)[O-])C(=O)C3C)NC2)c1. The Morgan fingerprint density at radius 1 is 1.42 bits per heavy atom. The second kappa shape index (κ2) is 6.48. The number of ketones is 1. The molecule has 0 aromatic heterocycles. The monoisotopic (exact) mass is 332 g/mol. The van der Waals surface area contributed by atoms with Gasteiger partial charge in [-0.3, -0.25) is 19.8 Å². The fourth-order valence-corrected chi connectivity index (χ4v) is 3.13. The predicted molar refractivity (Wildman–Crippen MR) is 86.6 cm³/mol. The Hall–Kier alpha value is -2.61. The van der Waals surface area contributed by atoms with Crippen molar-refractivity contribution in [2.45, 2.75) is 19.5 Å². The molecule has 1 unspecified atom stereocenters. The van der Waals surface area contributed by atoms with Crippen LogP contribution in [-0.4, -0.2) is 53.4 Å². The third-order valence-corrected chi connectivity index (χ3v) is 4.44. The molecule has 1 N–H and O–H groups in total. The zero-order valence-corrected chi connectivity index (χ0v) is 13.7. The van der Waals surface area contributed by atoms with Gasteiger partial charge in [-0.1, -0.05) is 12.1 Å². The highest BCUT2D eigenvalue weighted by Gasteiger charge is 2.45. The summed E-state index contributed by atoms with van der Waals surface area (Å²) >= 11 is 0. The number of benzene rings is 1. The first-order valence-corrected chi connectivity index (χ1v) is 7.80. The van der Waals surface area contributed by atoms with Crippen molar-refractivity contribution < 1.29 is 14.5 Å². The van der Waals surface area contributed by atoms with Gasteiger partial charge in [0.2, 0.25) is 0 Å². The molecule has 128 valence electrons. The number of rotatable bonds is 4. The first-order valence-electron chi connectivity index (χ1n) is 7.80. The second-order valence-corrected chi connectivity index (χ2v) is 5.93. The number of ether oxygens (including phenoxy) is 1. The molecule has 2 aliphatic heterocycles. The second-order valence-electron chi connectivity index (χ2n) is 5.93. The van der Waals surface area contributed by atoms with Crippen LogP contribution in [-0.2, 0) is 11.3 Å². The number of nitrogens with zero attached hydrogens (tertiary/aromatic N) is 3. The number of hydrogen-bond acceptors (Lipinski definition) is 7. The van der Waals surface area contributed by atoms with E-state index in [-0.39, 0.29) is 5.70 Å². The Morgan fingerprint density at radius 3 is 2.92 bits per heavy atom. The minimum Gasteiger partial charge on any atom is -0.497 e. The normalized spacial score (nSPS) is 21.3. The van der Waals surface area contributed by atoms with Crippen LogP contribution in [0.4, 0.5) is 0 Å². The zero-order valence-electron chi connectivity index (χ0n) is 13.7. The van der Waals surface area contributed by atoms with E-state index < -0.39 is 16.7 Å². The molecule has 1 aromatic carbocycles. The van der Waals surface area contributed by atoms with Crippen molar-refractivity contribution in [3.8, 4) is 5.75 Å². The number of carbonyl (C=O) groups is 1. The van der Waals surface area contributed by atoms with E-state index in [1.54, 1.807) is 18.9 Å². The highest BCUT2D eigenvalue weighted by Crippen LogP contribution is 2.26. The smallest absolute Gasteiger partial charge is 0.353 e. The van der Waals surface area contributed by atoms with Gasteiger partial charge in [0.1, 0.15) is 5.75 Å². The van der Waals surface area contributed by atoms with Crippen molar-refractivity contribution in [3.05, 3.63) is 51.5 Å². The van der Waals surface area contributed by atoms with Crippen molar-refractivity contribution in [2.75, 3.05) is 26.9 Å². The van der Waals surface area contributed by atoms with E-state index in [1.165, 1.54) is 0 Å². The van der Waals surface area contributed by atoms with Gasteiger partial charge in [-0.05, 0) is 24.6 Å². The number of hydrogen-bond donors (Lipinski definition) is 1. The van der Waals surface area contributed by atoms with Gasteiger partial charge in [0.25, 0.3) is 5.78 Å². The summed E-state index contributed by atoms with van der Waals surface area (Å²) in [5, 5.41) is 14.3. The number of nitrogens with one attached hydrogen (secondary N) is 1. The summed E-state index contributed by atoms with van der Waals surface area (Å²) in [4.78, 5) is 26.6. The van der Waals surface area contributed by atoms with Crippen molar-refractivity contribution >= 4 is 5.78 Å². The topological polar surface area (TPSA) is 87.9 Å². The standard InChI is InChI=1S/C16H20N4O4/c1-11-15(21)14(20(22)23)16-17-10-18(6-7-19(11)16)9-12-4-3-5-13(8-12)24-2/h3-5,8,11,17H,6-7,9-10H2,1-2H3. The summed E-state index contributed by atoms with van der Waals surface area (Å²) in [7, 11) is 1.63. The molecule has 0 aliphatic carbocycles. The summed E-state index contributed by atoms with van der Waals surface area (Å²) in [5.74, 6) is 0.711. The molecule has 8 nitrogen and oxygen atoms in total. The van der Waals surface area contributed by atoms with Gasteiger partial charge in [-0.25, -0.2) is 0 Å². The Bertz CT molecular complexity index is 703. The molecule has 1 fully saturated rings. The minimum absolute atomic E-state index is 0.328. The molecule has 8 heteroatoms. The minimum atomic E-state index is -0.584. The molecule has 0 spiro atoms. The van der Waals surface area contributed by atoms with E-state index >= 15 is 0 Å². The molecule has 24 heavy (non-hydrogen) atoms. The van der Waals surface area contributed by atoms with Crippen LogP contribution in [0.15, 0.2) is 35.8 Å². The van der Waals surface area contributed by atoms with E-state index in [0.717, 1.165) is 11.3 Å². The van der Waals surface area contributed by atoms with Gasteiger partial charge in [0.15, 0.2) is 5.82 Å². The van der Waals surface area contributed by atoms with E-state index in [2.05, 4.69) is 10.2 Å². The lowest BCUT2D eigenvalue weighted by Gasteiger charge is -2.22. The summed E-state index contributed by atoms with van der Waals surface area (Å²) in [6, 6.07) is 7.32. The molecule has 2 aliphatic rings. The highest BCUT2D eigenvalue weighted by molar-refractivity contribution is 6.00. The third kappa shape index (κ3) is 2.92. The molecule has 0 saturated carbocycles. The van der Waals surface area contributed by atoms with Gasteiger partial charge in [0, 0.05) is 19.6 Å². The van der Waals surface area contributed by atoms with Crippen LogP contribution in [0.5, 0.6) is 5.75 Å². The first-order chi connectivity index (χ1) is 11.5. The van der Waals surface area contributed by atoms with Crippen LogP contribution in [0.25, 0.3) is 0 Å². The van der Waals surface area contributed by atoms with E-state index in [4.69, 9.17) is 4.74 Å². The Kier molecular flexibility index (Phi) is 4.39. The van der Waals surface area contributed by atoms with Crippen LogP contribution in [0, 0.1) is 10.1 Å². The van der Waals surface area contributed by atoms with Crippen molar-refractivity contribution in [3.63, 3.8) is 0 Å². The van der Waals surface area contributed by atoms with Crippen molar-refractivity contribution in [1.29, 1.82) is 0 Å². The van der Waals surface area contributed by atoms with Gasteiger partial charge < -0.3 is 15.0 Å². The molecular weight excluding hydrogens is 312 g/mol. The largest absolute Gasteiger partial charge is 0.497 e. The van der Waals surface area contributed by atoms with Crippen LogP contribution in [0.1, 0.15) is 12.5 Å². The summed E-state index contributed by atoms with van der Waals surface area (Å²) < 4.78 is 5.23. The highest BCUT2D eigenvalue weighted by atomic mass is 16.6. The molecule has 3 rings (SSSR count). The number of fused-ring (bicyclic) bond motifs is 1. The van der Waals surface area contributed by atoms with Gasteiger partial charge in [-0.15, -0.1) is 0 Å². The fraction of sp³-hybridized carbons (Fsp3) is 0.438. The maximum atomic E-state index is 12.1. The lowest BCUT2D eigenvalue weighted by atomic mass is 10.2. The maximum absolute atomic E-state index is 12.1. The Morgan fingerprint density at radius 2 is 2.21 bits per heavy atom. The zero-order chi connectivity index (χ0) is 17.3.